The lowest BCUT2D eigenvalue weighted by Gasteiger charge is -2.07. The van der Waals surface area contributed by atoms with Gasteiger partial charge < -0.3 is 5.32 Å². The second-order valence-corrected chi connectivity index (χ2v) is 4.81. The quantitative estimate of drug-likeness (QED) is 0.637. The zero-order chi connectivity index (χ0) is 15.4. The maximum Gasteiger partial charge on any atom is 0.278 e. The second-order valence-electron chi connectivity index (χ2n) is 4.81. The zero-order valence-corrected chi connectivity index (χ0v) is 12.3. The van der Waals surface area contributed by atoms with Gasteiger partial charge in [0.05, 0.1) is 34.6 Å². The van der Waals surface area contributed by atoms with E-state index in [4.69, 9.17) is 0 Å². The number of nitrogens with one attached hydrogen (secondary N) is 1. The predicted molar refractivity (Wildman–Crippen MR) is 76.9 cm³/mol. The highest BCUT2D eigenvalue weighted by Gasteiger charge is 2.19. The SMILES string of the molecule is CCNCc1cn(Cc2ncc(C)c([N+](=O)[O-])c2C)nn1. The first-order chi connectivity index (χ1) is 10.0. The highest BCUT2D eigenvalue weighted by atomic mass is 16.6. The van der Waals surface area contributed by atoms with Gasteiger partial charge >= 0.3 is 0 Å². The fraction of sp³-hybridized carbons (Fsp3) is 0.462. The molecule has 0 aliphatic carbocycles. The first-order valence-corrected chi connectivity index (χ1v) is 6.72. The number of nitrogens with zero attached hydrogens (tertiary/aromatic N) is 5. The van der Waals surface area contributed by atoms with Crippen LogP contribution >= 0.6 is 0 Å². The fourth-order valence-corrected chi connectivity index (χ4v) is 2.11. The highest BCUT2D eigenvalue weighted by Crippen LogP contribution is 2.24. The molecule has 8 heteroatoms. The number of nitro groups is 1. The van der Waals surface area contributed by atoms with Gasteiger partial charge in [-0.1, -0.05) is 12.1 Å². The molecule has 0 bridgehead atoms. The largest absolute Gasteiger partial charge is 0.311 e. The second kappa shape index (κ2) is 6.40. The molecular weight excluding hydrogens is 272 g/mol. The summed E-state index contributed by atoms with van der Waals surface area (Å²) in [5, 5.41) is 22.3. The minimum atomic E-state index is -0.367. The minimum Gasteiger partial charge on any atom is -0.311 e. The molecule has 2 aromatic rings. The van der Waals surface area contributed by atoms with Crippen LogP contribution in [0.4, 0.5) is 5.69 Å². The summed E-state index contributed by atoms with van der Waals surface area (Å²) in [7, 11) is 0. The number of aryl methyl sites for hydroxylation is 1. The summed E-state index contributed by atoms with van der Waals surface area (Å²) < 4.78 is 1.64. The lowest BCUT2D eigenvalue weighted by Crippen LogP contribution is -2.11. The van der Waals surface area contributed by atoms with Gasteiger partial charge in [-0.05, 0) is 20.4 Å². The minimum absolute atomic E-state index is 0.119. The first kappa shape index (κ1) is 15.0. The lowest BCUT2D eigenvalue weighted by molar-refractivity contribution is -0.386. The van der Waals surface area contributed by atoms with Gasteiger partial charge in [-0.3, -0.25) is 15.1 Å². The number of aromatic nitrogens is 4. The molecule has 8 nitrogen and oxygen atoms in total. The summed E-state index contributed by atoms with van der Waals surface area (Å²) in [6.07, 6.45) is 3.34. The van der Waals surface area contributed by atoms with E-state index in [0.717, 1.165) is 12.2 Å². The van der Waals surface area contributed by atoms with Crippen molar-refractivity contribution >= 4 is 5.69 Å². The summed E-state index contributed by atoms with van der Waals surface area (Å²) >= 11 is 0. The lowest BCUT2D eigenvalue weighted by atomic mass is 10.1. The van der Waals surface area contributed by atoms with Crippen LogP contribution in [0.3, 0.4) is 0 Å². The summed E-state index contributed by atoms with van der Waals surface area (Å²) in [5.41, 5.74) is 2.72. The molecule has 112 valence electrons. The summed E-state index contributed by atoms with van der Waals surface area (Å²) in [4.78, 5) is 15.0. The normalized spacial score (nSPS) is 10.8. The van der Waals surface area contributed by atoms with Crippen molar-refractivity contribution in [3.05, 3.63) is 45.0 Å². The fourth-order valence-electron chi connectivity index (χ4n) is 2.11. The Morgan fingerprint density at radius 3 is 2.86 bits per heavy atom. The Kier molecular flexibility index (Phi) is 4.59. The molecular formula is C13H18N6O2. The third-order valence-electron chi connectivity index (χ3n) is 3.21. The smallest absolute Gasteiger partial charge is 0.278 e. The molecule has 2 rings (SSSR count). The maximum atomic E-state index is 11.1. The van der Waals surface area contributed by atoms with Crippen molar-refractivity contribution in [2.75, 3.05) is 6.54 Å². The standard InChI is InChI=1S/C13H18N6O2/c1-4-14-6-11-7-18(17-16-11)8-12-10(3)13(19(20)21)9(2)5-15-12/h5,7,14H,4,6,8H2,1-3H3. The molecule has 0 atom stereocenters. The van der Waals surface area contributed by atoms with E-state index >= 15 is 0 Å². The average Bonchev–Trinajstić information content (AvgIpc) is 2.87. The van der Waals surface area contributed by atoms with Crippen molar-refractivity contribution in [3.63, 3.8) is 0 Å². The van der Waals surface area contributed by atoms with E-state index < -0.39 is 0 Å². The number of hydrogen-bond acceptors (Lipinski definition) is 6. The van der Waals surface area contributed by atoms with Crippen LogP contribution in [-0.2, 0) is 13.1 Å². The van der Waals surface area contributed by atoms with Gasteiger partial charge in [0.1, 0.15) is 0 Å². The number of hydrogen-bond donors (Lipinski definition) is 1. The molecule has 0 fully saturated rings. The maximum absolute atomic E-state index is 11.1. The predicted octanol–water partition coefficient (Wildman–Crippen LogP) is 1.36. The molecule has 0 amide bonds. The van der Waals surface area contributed by atoms with Crippen molar-refractivity contribution < 1.29 is 4.92 Å². The molecule has 0 radical (unpaired) electrons. The van der Waals surface area contributed by atoms with Crippen LogP contribution in [0.1, 0.15) is 29.4 Å². The Bertz CT molecular complexity index is 652. The Labute approximate surface area is 122 Å². The van der Waals surface area contributed by atoms with E-state index in [2.05, 4.69) is 20.6 Å². The van der Waals surface area contributed by atoms with Crippen LogP contribution in [0.5, 0.6) is 0 Å². The van der Waals surface area contributed by atoms with Crippen LogP contribution < -0.4 is 5.32 Å². The average molecular weight is 290 g/mol. The molecule has 2 aromatic heterocycles. The van der Waals surface area contributed by atoms with E-state index in [-0.39, 0.29) is 10.6 Å². The van der Waals surface area contributed by atoms with Crippen LogP contribution in [0.2, 0.25) is 0 Å². The van der Waals surface area contributed by atoms with Gasteiger partial charge in [-0.2, -0.15) is 0 Å². The molecule has 0 saturated carbocycles. The Balaban J connectivity index is 2.22. The van der Waals surface area contributed by atoms with Crippen LogP contribution in [0.25, 0.3) is 0 Å². The van der Waals surface area contributed by atoms with Crippen molar-refractivity contribution in [1.29, 1.82) is 0 Å². The molecule has 1 N–H and O–H groups in total. The van der Waals surface area contributed by atoms with E-state index in [1.807, 2.05) is 13.1 Å². The van der Waals surface area contributed by atoms with E-state index in [0.29, 0.717) is 29.9 Å². The van der Waals surface area contributed by atoms with Crippen LogP contribution in [0, 0.1) is 24.0 Å². The van der Waals surface area contributed by atoms with Crippen molar-refractivity contribution in [1.82, 2.24) is 25.3 Å². The summed E-state index contributed by atoms with van der Waals surface area (Å²) in [6, 6.07) is 0. The van der Waals surface area contributed by atoms with E-state index in [1.165, 1.54) is 6.20 Å². The number of pyridine rings is 1. The van der Waals surface area contributed by atoms with Crippen molar-refractivity contribution in [2.45, 2.75) is 33.9 Å². The molecule has 0 saturated heterocycles. The van der Waals surface area contributed by atoms with Crippen molar-refractivity contribution in [2.24, 2.45) is 0 Å². The topological polar surface area (TPSA) is 98.8 Å². The van der Waals surface area contributed by atoms with E-state index in [1.54, 1.807) is 18.5 Å². The van der Waals surface area contributed by atoms with Crippen molar-refractivity contribution in [3.8, 4) is 0 Å². The van der Waals surface area contributed by atoms with Gasteiger partial charge in [0.15, 0.2) is 0 Å². The first-order valence-electron chi connectivity index (χ1n) is 6.72. The molecule has 0 unspecified atom stereocenters. The van der Waals surface area contributed by atoms with Crippen LogP contribution in [0.15, 0.2) is 12.4 Å². The molecule has 0 spiro atoms. The Morgan fingerprint density at radius 1 is 1.43 bits per heavy atom. The highest BCUT2D eigenvalue weighted by molar-refractivity contribution is 5.47. The van der Waals surface area contributed by atoms with Gasteiger partial charge in [-0.25, -0.2) is 4.68 Å². The monoisotopic (exact) mass is 290 g/mol. The third kappa shape index (κ3) is 3.40. The van der Waals surface area contributed by atoms with Crippen LogP contribution in [-0.4, -0.2) is 31.4 Å². The molecule has 0 aliphatic heterocycles. The van der Waals surface area contributed by atoms with Gasteiger partial charge in [-0.15, -0.1) is 5.10 Å². The Hall–Kier alpha value is -2.35. The number of rotatable bonds is 6. The Morgan fingerprint density at radius 2 is 2.19 bits per heavy atom. The summed E-state index contributed by atoms with van der Waals surface area (Å²) in [5.74, 6) is 0. The molecule has 0 aliphatic rings. The van der Waals surface area contributed by atoms with Gasteiger partial charge in [0.2, 0.25) is 0 Å². The van der Waals surface area contributed by atoms with E-state index in [9.17, 15) is 10.1 Å². The summed E-state index contributed by atoms with van der Waals surface area (Å²) in [6.45, 7) is 7.29. The molecule has 21 heavy (non-hydrogen) atoms. The zero-order valence-electron chi connectivity index (χ0n) is 12.3. The van der Waals surface area contributed by atoms with Gasteiger partial charge in [0, 0.05) is 18.3 Å². The third-order valence-corrected chi connectivity index (χ3v) is 3.21. The van der Waals surface area contributed by atoms with Gasteiger partial charge in [0.25, 0.3) is 5.69 Å². The molecule has 0 aromatic carbocycles. The molecule has 2 heterocycles.